The highest BCUT2D eigenvalue weighted by molar-refractivity contribution is 7.88. The summed E-state index contributed by atoms with van der Waals surface area (Å²) in [7, 11) is -3.39. The van der Waals surface area contributed by atoms with E-state index in [4.69, 9.17) is 4.74 Å². The predicted octanol–water partition coefficient (Wildman–Crippen LogP) is 3.81. The smallest absolute Gasteiger partial charge is 0.223 e. The summed E-state index contributed by atoms with van der Waals surface area (Å²) in [6, 6.07) is 15.2. The topological polar surface area (TPSA) is 75.7 Å². The molecular formula is C24H32N2O4S. The number of carbonyl (C=O) groups excluding carboxylic acids is 1. The van der Waals surface area contributed by atoms with Crippen molar-refractivity contribution in [3.63, 3.8) is 0 Å². The average molecular weight is 445 g/mol. The maximum absolute atomic E-state index is 12.8. The van der Waals surface area contributed by atoms with Gasteiger partial charge in [0.1, 0.15) is 5.75 Å². The fourth-order valence-corrected chi connectivity index (χ4v) is 5.48. The lowest BCUT2D eigenvalue weighted by Crippen LogP contribution is -2.43. The van der Waals surface area contributed by atoms with Gasteiger partial charge in [-0.05, 0) is 56.9 Å². The van der Waals surface area contributed by atoms with E-state index in [2.05, 4.69) is 5.32 Å². The molecule has 1 fully saturated rings. The van der Waals surface area contributed by atoms with Crippen LogP contribution < -0.4 is 10.1 Å². The van der Waals surface area contributed by atoms with Crippen molar-refractivity contribution in [1.82, 2.24) is 9.62 Å². The Kier molecular flexibility index (Phi) is 7.73. The first-order chi connectivity index (χ1) is 14.8. The van der Waals surface area contributed by atoms with Crippen LogP contribution in [0.4, 0.5) is 0 Å². The fraction of sp³-hybridized carbons (Fsp3) is 0.458. The van der Waals surface area contributed by atoms with Crippen molar-refractivity contribution in [3.05, 3.63) is 65.2 Å². The summed E-state index contributed by atoms with van der Waals surface area (Å²) in [5.74, 6) is 0.622. The molecule has 0 aliphatic carbocycles. The molecule has 2 aromatic carbocycles. The Bertz CT molecular complexity index is 981. The number of aryl methyl sites for hydroxylation is 1. The first-order valence-corrected chi connectivity index (χ1v) is 12.5. The number of hydrogen-bond acceptors (Lipinski definition) is 4. The normalized spacial score (nSPS) is 16.6. The summed E-state index contributed by atoms with van der Waals surface area (Å²) in [6.07, 6.45) is 1.07. The Hall–Kier alpha value is -2.38. The van der Waals surface area contributed by atoms with Crippen LogP contribution in [0.25, 0.3) is 0 Å². The molecule has 2 aromatic rings. The number of benzene rings is 2. The summed E-state index contributed by atoms with van der Waals surface area (Å²) in [5, 5.41) is 3.07. The predicted molar refractivity (Wildman–Crippen MR) is 122 cm³/mol. The molecule has 1 heterocycles. The second-order valence-electron chi connectivity index (χ2n) is 8.15. The van der Waals surface area contributed by atoms with E-state index in [9.17, 15) is 13.2 Å². The van der Waals surface area contributed by atoms with Gasteiger partial charge in [0.2, 0.25) is 15.9 Å². The second kappa shape index (κ2) is 10.3. The lowest BCUT2D eigenvalue weighted by molar-refractivity contribution is -0.126. The van der Waals surface area contributed by atoms with E-state index in [1.807, 2.05) is 69.3 Å². The van der Waals surface area contributed by atoms with Gasteiger partial charge in [0, 0.05) is 19.0 Å². The summed E-state index contributed by atoms with van der Waals surface area (Å²) in [5.41, 5.74) is 2.85. The molecule has 0 radical (unpaired) electrons. The standard InChI is InChI=1S/C24H32N2O4S/c1-4-30-23-10-8-21(9-11-23)19(3)25-24(27)22-12-14-26(15-13-22)31(28,29)17-20-7-5-6-18(2)16-20/h5-11,16,19,22H,4,12-15,17H2,1-3H3,(H,25,27)/t19-/m1/s1. The minimum absolute atomic E-state index is 0.000316. The highest BCUT2D eigenvalue weighted by Crippen LogP contribution is 2.24. The zero-order chi connectivity index (χ0) is 22.4. The molecular weight excluding hydrogens is 412 g/mol. The van der Waals surface area contributed by atoms with Gasteiger partial charge in [-0.3, -0.25) is 4.79 Å². The third-order valence-electron chi connectivity index (χ3n) is 5.70. The highest BCUT2D eigenvalue weighted by Gasteiger charge is 2.31. The molecule has 0 aromatic heterocycles. The van der Waals surface area contributed by atoms with Crippen LogP contribution in [0.5, 0.6) is 5.75 Å². The van der Waals surface area contributed by atoms with Crippen molar-refractivity contribution in [1.29, 1.82) is 0 Å². The van der Waals surface area contributed by atoms with Crippen LogP contribution in [-0.4, -0.2) is 38.3 Å². The van der Waals surface area contributed by atoms with Gasteiger partial charge < -0.3 is 10.1 Å². The molecule has 31 heavy (non-hydrogen) atoms. The average Bonchev–Trinajstić information content (AvgIpc) is 2.74. The number of ether oxygens (including phenoxy) is 1. The molecule has 168 valence electrons. The van der Waals surface area contributed by atoms with Crippen LogP contribution in [0, 0.1) is 12.8 Å². The number of hydrogen-bond donors (Lipinski definition) is 1. The monoisotopic (exact) mass is 444 g/mol. The van der Waals surface area contributed by atoms with Gasteiger partial charge in [0.15, 0.2) is 0 Å². The van der Waals surface area contributed by atoms with E-state index >= 15 is 0 Å². The number of amides is 1. The SMILES string of the molecule is CCOc1ccc([C@@H](C)NC(=O)C2CCN(S(=O)(=O)Cc3cccc(C)c3)CC2)cc1. The van der Waals surface area contributed by atoms with E-state index in [-0.39, 0.29) is 23.6 Å². The lowest BCUT2D eigenvalue weighted by atomic mass is 9.96. The molecule has 6 nitrogen and oxygen atoms in total. The molecule has 1 N–H and O–H groups in total. The first kappa shape index (κ1) is 23.3. The number of rotatable bonds is 8. The zero-order valence-electron chi connectivity index (χ0n) is 18.5. The van der Waals surface area contributed by atoms with Crippen LogP contribution in [0.2, 0.25) is 0 Å². The minimum Gasteiger partial charge on any atom is -0.494 e. The van der Waals surface area contributed by atoms with Crippen LogP contribution in [0.3, 0.4) is 0 Å². The Morgan fingerprint density at radius 3 is 2.45 bits per heavy atom. The molecule has 0 spiro atoms. The van der Waals surface area contributed by atoms with E-state index in [1.54, 1.807) is 0 Å². The number of piperidine rings is 1. The maximum atomic E-state index is 12.8. The van der Waals surface area contributed by atoms with Crippen LogP contribution in [-0.2, 0) is 20.6 Å². The minimum atomic E-state index is -3.39. The van der Waals surface area contributed by atoms with Gasteiger partial charge in [-0.15, -0.1) is 0 Å². The number of nitrogens with zero attached hydrogens (tertiary/aromatic N) is 1. The number of nitrogens with one attached hydrogen (secondary N) is 1. The molecule has 1 amide bonds. The molecule has 1 aliphatic heterocycles. The van der Waals surface area contributed by atoms with Crippen molar-refractivity contribution in [3.8, 4) is 5.75 Å². The van der Waals surface area contributed by atoms with E-state index in [1.165, 1.54) is 4.31 Å². The zero-order valence-corrected chi connectivity index (χ0v) is 19.3. The third-order valence-corrected chi connectivity index (χ3v) is 7.55. The largest absolute Gasteiger partial charge is 0.494 e. The van der Waals surface area contributed by atoms with E-state index < -0.39 is 10.0 Å². The Labute approximate surface area is 185 Å². The second-order valence-corrected chi connectivity index (χ2v) is 10.1. The van der Waals surface area contributed by atoms with Crippen molar-refractivity contribution >= 4 is 15.9 Å². The van der Waals surface area contributed by atoms with Crippen molar-refractivity contribution < 1.29 is 17.9 Å². The summed E-state index contributed by atoms with van der Waals surface area (Å²) in [6.45, 7) is 7.22. The van der Waals surface area contributed by atoms with Gasteiger partial charge in [0.25, 0.3) is 0 Å². The molecule has 0 unspecified atom stereocenters. The Morgan fingerprint density at radius 2 is 1.84 bits per heavy atom. The highest BCUT2D eigenvalue weighted by atomic mass is 32.2. The van der Waals surface area contributed by atoms with Crippen LogP contribution in [0.15, 0.2) is 48.5 Å². The van der Waals surface area contributed by atoms with Crippen molar-refractivity contribution in [2.75, 3.05) is 19.7 Å². The molecule has 0 saturated carbocycles. The molecule has 1 saturated heterocycles. The van der Waals surface area contributed by atoms with Crippen molar-refractivity contribution in [2.24, 2.45) is 5.92 Å². The number of sulfonamides is 1. The van der Waals surface area contributed by atoms with E-state index in [0.717, 1.165) is 22.4 Å². The van der Waals surface area contributed by atoms with Gasteiger partial charge in [-0.1, -0.05) is 42.0 Å². The molecule has 1 aliphatic rings. The molecule has 1 atom stereocenters. The van der Waals surface area contributed by atoms with Gasteiger partial charge in [0.05, 0.1) is 18.4 Å². The van der Waals surface area contributed by atoms with Crippen molar-refractivity contribution in [2.45, 2.75) is 45.4 Å². The molecule has 3 rings (SSSR count). The first-order valence-electron chi connectivity index (χ1n) is 10.8. The Morgan fingerprint density at radius 1 is 1.16 bits per heavy atom. The summed E-state index contributed by atoms with van der Waals surface area (Å²) < 4.78 is 32.6. The summed E-state index contributed by atoms with van der Waals surface area (Å²) >= 11 is 0. The van der Waals surface area contributed by atoms with Crippen LogP contribution in [0.1, 0.15) is 49.4 Å². The van der Waals surface area contributed by atoms with E-state index in [0.29, 0.717) is 32.5 Å². The third kappa shape index (κ3) is 6.31. The quantitative estimate of drug-likeness (QED) is 0.672. The Balaban J connectivity index is 1.52. The van der Waals surface area contributed by atoms with Gasteiger partial charge in [-0.2, -0.15) is 0 Å². The van der Waals surface area contributed by atoms with Gasteiger partial charge in [-0.25, -0.2) is 12.7 Å². The molecule has 0 bridgehead atoms. The fourth-order valence-electron chi connectivity index (χ4n) is 3.93. The van der Waals surface area contributed by atoms with Gasteiger partial charge >= 0.3 is 0 Å². The lowest BCUT2D eigenvalue weighted by Gasteiger charge is -2.31. The molecule has 7 heteroatoms. The summed E-state index contributed by atoms with van der Waals surface area (Å²) in [4.78, 5) is 12.7. The number of carbonyl (C=O) groups is 1. The van der Waals surface area contributed by atoms with Crippen LogP contribution >= 0.6 is 0 Å². The maximum Gasteiger partial charge on any atom is 0.223 e.